The van der Waals surface area contributed by atoms with E-state index in [0.717, 1.165) is 11.8 Å². The van der Waals surface area contributed by atoms with Gasteiger partial charge < -0.3 is 19.5 Å². The molecule has 0 amide bonds. The third-order valence-electron chi connectivity index (χ3n) is 4.40. The number of fused-ring (bicyclic) bond motifs is 1. The summed E-state index contributed by atoms with van der Waals surface area (Å²) in [5, 5.41) is 4.62. The van der Waals surface area contributed by atoms with Crippen LogP contribution in [0.1, 0.15) is 6.42 Å². The summed E-state index contributed by atoms with van der Waals surface area (Å²) in [4.78, 5) is 8.68. The number of hydrogen-bond acceptors (Lipinski definition) is 6. The average Bonchev–Trinajstić information content (AvgIpc) is 3.22. The van der Waals surface area contributed by atoms with Crippen LogP contribution in [0.5, 0.6) is 11.5 Å². The minimum absolute atomic E-state index is 0.0143. The first-order valence-electron chi connectivity index (χ1n) is 9.08. The molecule has 0 unspecified atom stereocenters. The maximum absolute atomic E-state index is 13.4. The Hall–Kier alpha value is -2.16. The lowest BCUT2D eigenvalue weighted by Crippen LogP contribution is -2.16. The van der Waals surface area contributed by atoms with E-state index >= 15 is 0 Å². The van der Waals surface area contributed by atoms with E-state index in [0.29, 0.717) is 53.7 Å². The molecule has 1 aliphatic heterocycles. The molecule has 29 heavy (non-hydrogen) atoms. The van der Waals surface area contributed by atoms with E-state index in [2.05, 4.69) is 31.2 Å². The summed E-state index contributed by atoms with van der Waals surface area (Å²) in [5.74, 6) is 1.28. The lowest BCUT2D eigenvalue weighted by Gasteiger charge is -2.17. The van der Waals surface area contributed by atoms with Gasteiger partial charge in [0.25, 0.3) is 0 Å². The molecule has 1 N–H and O–H groups in total. The van der Waals surface area contributed by atoms with Crippen molar-refractivity contribution in [3.8, 4) is 11.5 Å². The van der Waals surface area contributed by atoms with Crippen molar-refractivity contribution in [1.82, 2.24) is 9.97 Å². The van der Waals surface area contributed by atoms with Crippen molar-refractivity contribution in [3.05, 3.63) is 47.5 Å². The number of ether oxygens (including phenoxy) is 3. The van der Waals surface area contributed by atoms with E-state index in [1.54, 1.807) is 6.07 Å². The van der Waals surface area contributed by atoms with Crippen LogP contribution in [-0.4, -0.2) is 41.2 Å². The normalized spacial score (nSPS) is 16.2. The largest absolute Gasteiger partial charge is 0.489 e. The fraction of sp³-hybridized carbons (Fsp3) is 0.300. The Kier molecular flexibility index (Phi) is 6.32. The molecule has 4 rings (SSSR count). The van der Waals surface area contributed by atoms with Gasteiger partial charge in [0.05, 0.1) is 30.4 Å². The van der Waals surface area contributed by atoms with Crippen molar-refractivity contribution in [2.45, 2.75) is 12.5 Å². The second-order valence-electron chi connectivity index (χ2n) is 6.43. The molecule has 1 atom stereocenters. The van der Waals surface area contributed by atoms with Crippen molar-refractivity contribution in [1.29, 1.82) is 0 Å². The van der Waals surface area contributed by atoms with Crippen LogP contribution in [0.25, 0.3) is 10.9 Å². The van der Waals surface area contributed by atoms with Gasteiger partial charge in [-0.05, 0) is 24.3 Å². The summed E-state index contributed by atoms with van der Waals surface area (Å²) in [6.07, 6.45) is 2.27. The standard InChI is InChI=1S/C20H18BrClFN3O3/c21-4-6-28-18-8-14-17(9-19(18)29-13-3-5-27-10-13)24-11-25-20(14)26-12-1-2-16(23)15(22)7-12/h1-2,7-9,11,13H,3-6,10H2,(H,24,25,26)/t13-/m1/s1. The number of halogens is 3. The van der Waals surface area contributed by atoms with Crippen molar-refractivity contribution < 1.29 is 18.6 Å². The number of hydrogen-bond donors (Lipinski definition) is 1. The first-order valence-corrected chi connectivity index (χ1v) is 10.6. The number of alkyl halides is 1. The molecule has 2 heterocycles. The molecular weight excluding hydrogens is 465 g/mol. The number of benzene rings is 2. The molecule has 1 saturated heterocycles. The van der Waals surface area contributed by atoms with Crippen LogP contribution in [0, 0.1) is 5.82 Å². The maximum atomic E-state index is 13.4. The predicted octanol–water partition coefficient (Wildman–Crippen LogP) is 5.11. The molecule has 0 radical (unpaired) electrons. The van der Waals surface area contributed by atoms with Gasteiger partial charge in [0.1, 0.15) is 24.1 Å². The Bertz CT molecular complexity index is 1020. The van der Waals surface area contributed by atoms with Gasteiger partial charge in [-0.1, -0.05) is 27.5 Å². The van der Waals surface area contributed by atoms with Crippen LogP contribution in [0.15, 0.2) is 36.7 Å². The molecule has 9 heteroatoms. The number of nitrogens with zero attached hydrogens (tertiary/aromatic N) is 2. The van der Waals surface area contributed by atoms with Gasteiger partial charge >= 0.3 is 0 Å². The monoisotopic (exact) mass is 481 g/mol. The molecule has 0 bridgehead atoms. The minimum Gasteiger partial charge on any atom is -0.489 e. The van der Waals surface area contributed by atoms with E-state index in [9.17, 15) is 4.39 Å². The summed E-state index contributed by atoms with van der Waals surface area (Å²) in [6, 6.07) is 8.08. The van der Waals surface area contributed by atoms with Gasteiger partial charge in [-0.25, -0.2) is 14.4 Å². The van der Waals surface area contributed by atoms with Crippen molar-refractivity contribution in [3.63, 3.8) is 0 Å². The molecule has 6 nitrogen and oxygen atoms in total. The molecule has 152 valence electrons. The van der Waals surface area contributed by atoms with Gasteiger partial charge in [0.15, 0.2) is 11.5 Å². The van der Waals surface area contributed by atoms with Crippen LogP contribution in [0.2, 0.25) is 5.02 Å². The van der Waals surface area contributed by atoms with Gasteiger partial charge in [0, 0.05) is 28.9 Å². The third kappa shape index (κ3) is 4.71. The lowest BCUT2D eigenvalue weighted by molar-refractivity contribution is 0.138. The quantitative estimate of drug-likeness (QED) is 0.472. The van der Waals surface area contributed by atoms with Crippen LogP contribution in [0.3, 0.4) is 0 Å². The summed E-state index contributed by atoms with van der Waals surface area (Å²) < 4.78 is 30.8. The van der Waals surface area contributed by atoms with E-state index in [1.807, 2.05) is 12.1 Å². The Morgan fingerprint density at radius 3 is 2.90 bits per heavy atom. The van der Waals surface area contributed by atoms with Gasteiger partial charge in [-0.15, -0.1) is 0 Å². The number of anilines is 2. The van der Waals surface area contributed by atoms with Gasteiger partial charge in [-0.3, -0.25) is 0 Å². The molecule has 0 saturated carbocycles. The lowest BCUT2D eigenvalue weighted by atomic mass is 10.2. The highest BCUT2D eigenvalue weighted by atomic mass is 79.9. The Labute approximate surface area is 180 Å². The fourth-order valence-electron chi connectivity index (χ4n) is 3.01. The second-order valence-corrected chi connectivity index (χ2v) is 7.63. The minimum atomic E-state index is -0.479. The van der Waals surface area contributed by atoms with Crippen LogP contribution < -0.4 is 14.8 Å². The highest BCUT2D eigenvalue weighted by Crippen LogP contribution is 2.36. The molecule has 0 aliphatic carbocycles. The number of aromatic nitrogens is 2. The van der Waals surface area contributed by atoms with E-state index in [4.69, 9.17) is 25.8 Å². The summed E-state index contributed by atoms with van der Waals surface area (Å²) >= 11 is 9.26. The van der Waals surface area contributed by atoms with Gasteiger partial charge in [0.2, 0.25) is 0 Å². The maximum Gasteiger partial charge on any atom is 0.163 e. The molecule has 2 aromatic carbocycles. The van der Waals surface area contributed by atoms with Crippen molar-refractivity contribution >= 4 is 49.9 Å². The van der Waals surface area contributed by atoms with Crippen molar-refractivity contribution in [2.24, 2.45) is 0 Å². The molecule has 1 aromatic heterocycles. The predicted molar refractivity (Wildman–Crippen MR) is 113 cm³/mol. The van der Waals surface area contributed by atoms with E-state index in [-0.39, 0.29) is 11.1 Å². The average molecular weight is 483 g/mol. The summed E-state index contributed by atoms with van der Waals surface area (Å²) in [5.41, 5.74) is 1.30. The van der Waals surface area contributed by atoms with Crippen LogP contribution >= 0.6 is 27.5 Å². The fourth-order valence-corrected chi connectivity index (χ4v) is 3.36. The number of nitrogens with one attached hydrogen (secondary N) is 1. The molecule has 0 spiro atoms. The zero-order chi connectivity index (χ0) is 20.2. The highest BCUT2D eigenvalue weighted by molar-refractivity contribution is 9.09. The molecular formula is C20H18BrClFN3O3. The van der Waals surface area contributed by atoms with Crippen LogP contribution in [0.4, 0.5) is 15.9 Å². The smallest absolute Gasteiger partial charge is 0.163 e. The topological polar surface area (TPSA) is 65.5 Å². The zero-order valence-electron chi connectivity index (χ0n) is 15.3. The second kappa shape index (κ2) is 9.11. The van der Waals surface area contributed by atoms with Crippen LogP contribution in [-0.2, 0) is 4.74 Å². The van der Waals surface area contributed by atoms with Gasteiger partial charge in [-0.2, -0.15) is 0 Å². The highest BCUT2D eigenvalue weighted by Gasteiger charge is 2.20. The Balaban J connectivity index is 1.70. The van der Waals surface area contributed by atoms with Crippen molar-refractivity contribution in [2.75, 3.05) is 30.5 Å². The SMILES string of the molecule is Fc1ccc(Nc2ncnc3cc(O[C@@H]4CCOC4)c(OCCBr)cc23)cc1Cl. The first kappa shape index (κ1) is 20.1. The first-order chi connectivity index (χ1) is 14.1. The Morgan fingerprint density at radius 2 is 2.14 bits per heavy atom. The van der Waals surface area contributed by atoms with E-state index < -0.39 is 5.82 Å². The summed E-state index contributed by atoms with van der Waals surface area (Å²) in [6.45, 7) is 1.72. The summed E-state index contributed by atoms with van der Waals surface area (Å²) in [7, 11) is 0. The molecule has 1 fully saturated rings. The molecule has 3 aromatic rings. The van der Waals surface area contributed by atoms with E-state index in [1.165, 1.54) is 18.5 Å². The third-order valence-corrected chi connectivity index (χ3v) is 5.01. The Morgan fingerprint density at radius 1 is 1.24 bits per heavy atom. The zero-order valence-corrected chi connectivity index (χ0v) is 17.7. The number of rotatable bonds is 7. The molecule has 1 aliphatic rings.